The largest absolute Gasteiger partial charge is 0.467 e. The average Bonchev–Trinajstić information content (AvgIpc) is 2.38. The summed E-state index contributed by atoms with van der Waals surface area (Å²) >= 11 is 0. The molecule has 0 aliphatic heterocycles. The van der Waals surface area contributed by atoms with E-state index in [1.807, 2.05) is 0 Å². The fourth-order valence-electron chi connectivity index (χ4n) is 1.40. The molecule has 0 saturated heterocycles. The van der Waals surface area contributed by atoms with Crippen molar-refractivity contribution in [2.24, 2.45) is 0 Å². The lowest BCUT2D eigenvalue weighted by atomic mass is 10.1. The fraction of sp³-hybridized carbons (Fsp3) is 0.0833. The van der Waals surface area contributed by atoms with Gasteiger partial charge in [-0.2, -0.15) is 15.2 Å². The van der Waals surface area contributed by atoms with Crippen LogP contribution in [0, 0.1) is 11.3 Å². The van der Waals surface area contributed by atoms with Crippen molar-refractivity contribution in [3.8, 4) is 23.3 Å². The lowest BCUT2D eigenvalue weighted by Gasteiger charge is -2.04. The van der Waals surface area contributed by atoms with Gasteiger partial charge in [0.25, 0.3) is 0 Å². The first-order chi connectivity index (χ1) is 8.22. The van der Waals surface area contributed by atoms with Crippen molar-refractivity contribution in [3.05, 3.63) is 35.9 Å². The second-order valence-corrected chi connectivity index (χ2v) is 3.35. The highest BCUT2D eigenvalue weighted by Gasteiger charge is 2.05. The molecule has 1 heterocycles. The first kappa shape index (κ1) is 10.9. The maximum absolute atomic E-state index is 8.71. The molecule has 2 aromatic rings. The van der Waals surface area contributed by atoms with E-state index in [2.05, 4.69) is 16.0 Å². The van der Waals surface area contributed by atoms with Gasteiger partial charge < -0.3 is 10.5 Å². The molecule has 5 heteroatoms. The lowest BCUT2D eigenvalue weighted by Crippen LogP contribution is -1.98. The van der Waals surface area contributed by atoms with Gasteiger partial charge in [-0.1, -0.05) is 12.1 Å². The number of hydrogen-bond donors (Lipinski definition) is 1. The number of methoxy groups -OCH3 is 1. The van der Waals surface area contributed by atoms with E-state index in [0.717, 1.165) is 5.56 Å². The number of hydrogen-bond acceptors (Lipinski definition) is 5. The van der Waals surface area contributed by atoms with Gasteiger partial charge in [-0.25, -0.2) is 0 Å². The smallest absolute Gasteiger partial charge is 0.318 e. The molecular formula is C12H10N4O. The molecule has 0 unspecified atom stereocenters. The number of ether oxygens (including phenoxy) is 1. The van der Waals surface area contributed by atoms with E-state index in [-0.39, 0.29) is 6.01 Å². The Morgan fingerprint density at radius 2 is 1.94 bits per heavy atom. The number of rotatable bonds is 2. The third-order valence-electron chi connectivity index (χ3n) is 2.22. The number of anilines is 1. The Morgan fingerprint density at radius 3 is 2.53 bits per heavy atom. The summed E-state index contributed by atoms with van der Waals surface area (Å²) < 4.78 is 4.95. The second kappa shape index (κ2) is 4.49. The molecule has 0 amide bonds. The predicted octanol–water partition coefficient (Wildman–Crippen LogP) is 1.61. The Labute approximate surface area is 98.5 Å². The van der Waals surface area contributed by atoms with Crippen LogP contribution in [0.25, 0.3) is 11.3 Å². The first-order valence-corrected chi connectivity index (χ1v) is 4.92. The molecule has 0 radical (unpaired) electrons. The van der Waals surface area contributed by atoms with Crippen molar-refractivity contribution in [2.45, 2.75) is 0 Å². The molecule has 84 valence electrons. The van der Waals surface area contributed by atoms with Crippen LogP contribution in [0.1, 0.15) is 5.56 Å². The minimum absolute atomic E-state index is 0.226. The van der Waals surface area contributed by atoms with Gasteiger partial charge in [-0.05, 0) is 12.1 Å². The zero-order valence-corrected chi connectivity index (χ0v) is 9.21. The minimum atomic E-state index is 0.226. The molecule has 0 aliphatic rings. The van der Waals surface area contributed by atoms with E-state index in [0.29, 0.717) is 17.1 Å². The van der Waals surface area contributed by atoms with Crippen molar-refractivity contribution in [1.82, 2.24) is 9.97 Å². The van der Waals surface area contributed by atoms with Crippen LogP contribution >= 0.6 is 0 Å². The summed E-state index contributed by atoms with van der Waals surface area (Å²) in [5.41, 5.74) is 7.77. The topological polar surface area (TPSA) is 84.8 Å². The summed E-state index contributed by atoms with van der Waals surface area (Å²) in [6.07, 6.45) is 0. The molecule has 0 spiro atoms. The van der Waals surface area contributed by atoms with Crippen molar-refractivity contribution in [1.29, 1.82) is 5.26 Å². The summed E-state index contributed by atoms with van der Waals surface area (Å²) in [6, 6.07) is 11.0. The van der Waals surface area contributed by atoms with Crippen molar-refractivity contribution >= 4 is 5.82 Å². The van der Waals surface area contributed by atoms with E-state index < -0.39 is 0 Å². The molecule has 0 atom stereocenters. The molecule has 2 N–H and O–H groups in total. The fourth-order valence-corrected chi connectivity index (χ4v) is 1.40. The maximum atomic E-state index is 8.71. The highest BCUT2D eigenvalue weighted by atomic mass is 16.5. The van der Waals surface area contributed by atoms with Crippen LogP contribution in [-0.2, 0) is 0 Å². The lowest BCUT2D eigenvalue weighted by molar-refractivity contribution is 0.381. The van der Waals surface area contributed by atoms with Gasteiger partial charge in [-0.15, -0.1) is 0 Å². The Hall–Kier alpha value is -2.61. The second-order valence-electron chi connectivity index (χ2n) is 3.35. The third-order valence-corrected chi connectivity index (χ3v) is 2.22. The van der Waals surface area contributed by atoms with Gasteiger partial charge >= 0.3 is 6.01 Å². The summed E-state index contributed by atoms with van der Waals surface area (Å²) in [5, 5.41) is 8.71. The first-order valence-electron chi connectivity index (χ1n) is 4.92. The van der Waals surface area contributed by atoms with Gasteiger partial charge in [0.1, 0.15) is 5.82 Å². The summed E-state index contributed by atoms with van der Waals surface area (Å²) in [7, 11) is 1.48. The van der Waals surface area contributed by atoms with Gasteiger partial charge in [0.15, 0.2) is 0 Å². The Morgan fingerprint density at radius 1 is 1.24 bits per heavy atom. The van der Waals surface area contributed by atoms with Crippen molar-refractivity contribution in [2.75, 3.05) is 12.8 Å². The Balaban J connectivity index is 2.45. The molecule has 17 heavy (non-hydrogen) atoms. The molecule has 5 nitrogen and oxygen atoms in total. The normalized spacial score (nSPS) is 9.65. The Bertz CT molecular complexity index is 572. The summed E-state index contributed by atoms with van der Waals surface area (Å²) in [6.45, 7) is 0. The van der Waals surface area contributed by atoms with E-state index in [9.17, 15) is 0 Å². The highest BCUT2D eigenvalue weighted by molar-refractivity contribution is 5.63. The molecule has 0 fully saturated rings. The van der Waals surface area contributed by atoms with Crippen LogP contribution < -0.4 is 10.5 Å². The van der Waals surface area contributed by atoms with Crippen LogP contribution in [0.3, 0.4) is 0 Å². The minimum Gasteiger partial charge on any atom is -0.467 e. The number of aromatic nitrogens is 2. The van der Waals surface area contributed by atoms with Crippen LogP contribution in [0.4, 0.5) is 5.82 Å². The molecule has 1 aromatic heterocycles. The van der Waals surface area contributed by atoms with Gasteiger partial charge in [0.05, 0.1) is 24.4 Å². The Kier molecular flexibility index (Phi) is 2.88. The quantitative estimate of drug-likeness (QED) is 0.840. The van der Waals surface area contributed by atoms with E-state index in [1.54, 1.807) is 30.3 Å². The number of nitriles is 1. The third kappa shape index (κ3) is 2.32. The zero-order valence-electron chi connectivity index (χ0n) is 9.21. The number of benzene rings is 1. The van der Waals surface area contributed by atoms with Crippen LogP contribution in [0.15, 0.2) is 30.3 Å². The van der Waals surface area contributed by atoms with Crippen LogP contribution in [0.2, 0.25) is 0 Å². The number of nitrogens with two attached hydrogens (primary N) is 1. The van der Waals surface area contributed by atoms with Crippen molar-refractivity contribution in [3.63, 3.8) is 0 Å². The number of nitrogens with zero attached hydrogens (tertiary/aromatic N) is 3. The monoisotopic (exact) mass is 226 g/mol. The maximum Gasteiger partial charge on any atom is 0.318 e. The van der Waals surface area contributed by atoms with Gasteiger partial charge in [0, 0.05) is 11.6 Å². The highest BCUT2D eigenvalue weighted by Crippen LogP contribution is 2.21. The number of nitrogen functional groups attached to an aromatic ring is 1. The van der Waals surface area contributed by atoms with Gasteiger partial charge in [0.2, 0.25) is 0 Å². The van der Waals surface area contributed by atoms with Crippen molar-refractivity contribution < 1.29 is 4.74 Å². The molecule has 1 aromatic carbocycles. The molecule has 0 aliphatic carbocycles. The van der Waals surface area contributed by atoms with E-state index in [1.165, 1.54) is 7.11 Å². The van der Waals surface area contributed by atoms with Crippen LogP contribution in [0.5, 0.6) is 6.01 Å². The van der Waals surface area contributed by atoms with E-state index in [4.69, 9.17) is 15.7 Å². The predicted molar refractivity (Wildman–Crippen MR) is 63.1 cm³/mol. The van der Waals surface area contributed by atoms with E-state index >= 15 is 0 Å². The van der Waals surface area contributed by atoms with Gasteiger partial charge in [-0.3, -0.25) is 0 Å². The molecule has 2 rings (SSSR count). The molecule has 0 saturated carbocycles. The molecule has 0 bridgehead atoms. The standard InChI is InChI=1S/C12H10N4O/c1-17-12-15-10(6-11(14)16-12)9-4-2-8(7-13)3-5-9/h2-6H,1H3,(H2,14,15,16). The zero-order chi connectivity index (χ0) is 12.3. The average molecular weight is 226 g/mol. The molecular weight excluding hydrogens is 216 g/mol. The SMILES string of the molecule is COc1nc(N)cc(-c2ccc(C#N)cc2)n1. The summed E-state index contributed by atoms with van der Waals surface area (Å²) in [4.78, 5) is 8.09. The van der Waals surface area contributed by atoms with Crippen LogP contribution in [-0.4, -0.2) is 17.1 Å². The summed E-state index contributed by atoms with van der Waals surface area (Å²) in [5.74, 6) is 0.344.